The van der Waals surface area contributed by atoms with Crippen molar-refractivity contribution in [3.8, 4) is 11.5 Å². The summed E-state index contributed by atoms with van der Waals surface area (Å²) in [5.41, 5.74) is 1.14. The molecule has 1 heterocycles. The predicted octanol–water partition coefficient (Wildman–Crippen LogP) is 5.01. The van der Waals surface area contributed by atoms with Gasteiger partial charge in [0.2, 0.25) is 5.78 Å². The van der Waals surface area contributed by atoms with Gasteiger partial charge >= 0.3 is 0 Å². The summed E-state index contributed by atoms with van der Waals surface area (Å²) >= 11 is 12.1. The summed E-state index contributed by atoms with van der Waals surface area (Å²) in [6.07, 6.45) is 1.59. The number of benzene rings is 2. The molecule has 0 fully saturated rings. The average molecular weight is 335 g/mol. The second-order valence-corrected chi connectivity index (χ2v) is 5.46. The Bertz CT molecular complexity index is 781. The fourth-order valence-corrected chi connectivity index (χ4v) is 2.56. The first kappa shape index (κ1) is 14.9. The van der Waals surface area contributed by atoms with Crippen LogP contribution in [0.4, 0.5) is 0 Å². The number of ketones is 1. The predicted molar refractivity (Wildman–Crippen MR) is 87.0 cm³/mol. The molecule has 0 aliphatic carbocycles. The molecule has 1 aliphatic rings. The zero-order valence-corrected chi connectivity index (χ0v) is 13.2. The van der Waals surface area contributed by atoms with Crippen molar-refractivity contribution >= 4 is 35.1 Å². The van der Waals surface area contributed by atoms with E-state index < -0.39 is 0 Å². The van der Waals surface area contributed by atoms with Crippen molar-refractivity contribution in [1.29, 1.82) is 0 Å². The van der Waals surface area contributed by atoms with Gasteiger partial charge in [-0.15, -0.1) is 0 Å². The van der Waals surface area contributed by atoms with E-state index >= 15 is 0 Å². The molecule has 2 aromatic rings. The lowest BCUT2D eigenvalue weighted by Crippen LogP contribution is -1.98. The third-order valence-electron chi connectivity index (χ3n) is 3.22. The van der Waals surface area contributed by atoms with E-state index in [9.17, 15) is 4.79 Å². The zero-order valence-electron chi connectivity index (χ0n) is 11.7. The minimum absolute atomic E-state index is 0.186. The summed E-state index contributed by atoms with van der Waals surface area (Å²) in [4.78, 5) is 12.4. The SMILES string of the molecule is CCOc1ccc2c(c1)O/C(=C\c1cccc(Cl)c1Cl)C2=O. The van der Waals surface area contributed by atoms with Crippen LogP contribution in [0.25, 0.3) is 6.08 Å². The number of rotatable bonds is 3. The monoisotopic (exact) mass is 334 g/mol. The quantitative estimate of drug-likeness (QED) is 0.740. The molecule has 0 aromatic heterocycles. The van der Waals surface area contributed by atoms with E-state index in [1.807, 2.05) is 6.92 Å². The topological polar surface area (TPSA) is 35.5 Å². The number of carbonyl (C=O) groups is 1. The summed E-state index contributed by atoms with van der Waals surface area (Å²) < 4.78 is 11.0. The largest absolute Gasteiger partial charge is 0.494 e. The van der Waals surface area contributed by atoms with Gasteiger partial charge in [0.25, 0.3) is 0 Å². The van der Waals surface area contributed by atoms with Crippen LogP contribution in [0.5, 0.6) is 11.5 Å². The summed E-state index contributed by atoms with van der Waals surface area (Å²) in [5.74, 6) is 1.18. The maximum absolute atomic E-state index is 12.4. The highest BCUT2D eigenvalue weighted by molar-refractivity contribution is 6.43. The molecule has 0 saturated heterocycles. The van der Waals surface area contributed by atoms with E-state index in [0.29, 0.717) is 39.3 Å². The molecule has 0 atom stereocenters. The van der Waals surface area contributed by atoms with Gasteiger partial charge in [0, 0.05) is 6.07 Å². The minimum Gasteiger partial charge on any atom is -0.494 e. The number of carbonyl (C=O) groups excluding carboxylic acids is 1. The Morgan fingerprint density at radius 1 is 1.23 bits per heavy atom. The van der Waals surface area contributed by atoms with Crippen molar-refractivity contribution in [2.75, 3.05) is 6.61 Å². The Kier molecular flexibility index (Phi) is 4.10. The Morgan fingerprint density at radius 2 is 2.05 bits per heavy atom. The van der Waals surface area contributed by atoms with Crippen LogP contribution in [-0.4, -0.2) is 12.4 Å². The number of hydrogen-bond donors (Lipinski definition) is 0. The highest BCUT2D eigenvalue weighted by Crippen LogP contribution is 2.36. The summed E-state index contributed by atoms with van der Waals surface area (Å²) in [7, 11) is 0. The molecule has 0 N–H and O–H groups in total. The first-order valence-electron chi connectivity index (χ1n) is 6.75. The Balaban J connectivity index is 1.96. The number of fused-ring (bicyclic) bond motifs is 1. The molecule has 2 aromatic carbocycles. The van der Waals surface area contributed by atoms with E-state index in [1.165, 1.54) is 0 Å². The van der Waals surface area contributed by atoms with E-state index in [-0.39, 0.29) is 11.5 Å². The Hall–Kier alpha value is -1.97. The molecule has 0 radical (unpaired) electrons. The molecule has 3 nitrogen and oxygen atoms in total. The van der Waals surface area contributed by atoms with Crippen LogP contribution in [0.1, 0.15) is 22.8 Å². The van der Waals surface area contributed by atoms with Crippen LogP contribution in [0.15, 0.2) is 42.2 Å². The van der Waals surface area contributed by atoms with Crippen LogP contribution in [0.2, 0.25) is 10.0 Å². The Labute approximate surface area is 138 Å². The third-order valence-corrected chi connectivity index (χ3v) is 4.05. The fraction of sp³-hybridized carbons (Fsp3) is 0.118. The van der Waals surface area contributed by atoms with Gasteiger partial charge in [0.05, 0.1) is 22.2 Å². The van der Waals surface area contributed by atoms with Gasteiger partial charge in [-0.05, 0) is 36.8 Å². The van der Waals surface area contributed by atoms with Crippen molar-refractivity contribution in [2.24, 2.45) is 0 Å². The Morgan fingerprint density at radius 3 is 2.82 bits per heavy atom. The van der Waals surface area contributed by atoms with Crippen LogP contribution in [0.3, 0.4) is 0 Å². The molecule has 0 saturated carbocycles. The summed E-state index contributed by atoms with van der Waals surface area (Å²) in [5, 5.41) is 0.816. The highest BCUT2D eigenvalue weighted by atomic mass is 35.5. The lowest BCUT2D eigenvalue weighted by atomic mass is 10.1. The van der Waals surface area contributed by atoms with Gasteiger partial charge in [-0.3, -0.25) is 4.79 Å². The van der Waals surface area contributed by atoms with Gasteiger partial charge in [-0.2, -0.15) is 0 Å². The van der Waals surface area contributed by atoms with Crippen LogP contribution in [-0.2, 0) is 0 Å². The molecule has 112 valence electrons. The van der Waals surface area contributed by atoms with Gasteiger partial charge in [-0.25, -0.2) is 0 Å². The van der Waals surface area contributed by atoms with E-state index in [4.69, 9.17) is 32.7 Å². The van der Waals surface area contributed by atoms with Crippen LogP contribution in [0, 0.1) is 0 Å². The lowest BCUT2D eigenvalue weighted by Gasteiger charge is -2.04. The van der Waals surface area contributed by atoms with E-state index in [0.717, 1.165) is 0 Å². The van der Waals surface area contributed by atoms with Crippen LogP contribution < -0.4 is 9.47 Å². The third kappa shape index (κ3) is 2.70. The summed E-state index contributed by atoms with van der Waals surface area (Å²) in [6.45, 7) is 2.44. The molecule has 0 unspecified atom stereocenters. The zero-order chi connectivity index (χ0) is 15.7. The molecular formula is C17H12Cl2O3. The molecule has 22 heavy (non-hydrogen) atoms. The van der Waals surface area contributed by atoms with Crippen molar-refractivity contribution in [1.82, 2.24) is 0 Å². The molecule has 0 spiro atoms. The maximum Gasteiger partial charge on any atom is 0.231 e. The maximum atomic E-state index is 12.4. The fourth-order valence-electron chi connectivity index (χ4n) is 2.20. The standard InChI is InChI=1S/C17H12Cl2O3/c1-2-21-11-6-7-12-14(9-11)22-15(17(12)20)8-10-4-3-5-13(18)16(10)19/h3-9H,2H2,1H3/b15-8-. The molecule has 5 heteroatoms. The van der Waals surface area contributed by atoms with Gasteiger partial charge in [0.1, 0.15) is 11.5 Å². The number of hydrogen-bond acceptors (Lipinski definition) is 3. The first-order chi connectivity index (χ1) is 10.6. The minimum atomic E-state index is -0.186. The van der Waals surface area contributed by atoms with Crippen LogP contribution >= 0.6 is 23.2 Å². The van der Waals surface area contributed by atoms with Gasteiger partial charge < -0.3 is 9.47 Å². The van der Waals surface area contributed by atoms with Crippen molar-refractivity contribution < 1.29 is 14.3 Å². The van der Waals surface area contributed by atoms with Crippen molar-refractivity contribution in [2.45, 2.75) is 6.92 Å². The van der Waals surface area contributed by atoms with Crippen molar-refractivity contribution in [3.63, 3.8) is 0 Å². The average Bonchev–Trinajstić information content (AvgIpc) is 2.80. The van der Waals surface area contributed by atoms with Gasteiger partial charge in [-0.1, -0.05) is 35.3 Å². The normalized spacial score (nSPS) is 14.9. The second kappa shape index (κ2) is 6.03. The molecular weight excluding hydrogens is 323 g/mol. The number of Topliss-reactive ketones (excluding diaryl/α,β-unsaturated/α-hetero) is 1. The van der Waals surface area contributed by atoms with Gasteiger partial charge in [0.15, 0.2) is 5.76 Å². The molecule has 0 bridgehead atoms. The van der Waals surface area contributed by atoms with E-state index in [2.05, 4.69) is 0 Å². The molecule has 0 amide bonds. The molecule has 3 rings (SSSR count). The summed E-state index contributed by atoms with van der Waals surface area (Å²) in [6, 6.07) is 10.4. The molecule has 1 aliphatic heterocycles. The lowest BCUT2D eigenvalue weighted by molar-refractivity contribution is 0.101. The number of halogens is 2. The first-order valence-corrected chi connectivity index (χ1v) is 7.51. The highest BCUT2D eigenvalue weighted by Gasteiger charge is 2.28. The number of ether oxygens (including phenoxy) is 2. The smallest absolute Gasteiger partial charge is 0.231 e. The van der Waals surface area contributed by atoms with E-state index in [1.54, 1.807) is 42.5 Å². The second-order valence-electron chi connectivity index (χ2n) is 4.67. The number of allylic oxidation sites excluding steroid dienone is 1. The van der Waals surface area contributed by atoms with Crippen molar-refractivity contribution in [3.05, 3.63) is 63.3 Å².